The molecule has 158 valence electrons. The number of hydrogen-bond donors (Lipinski definition) is 1. The number of hydrogen-bond acceptors (Lipinski definition) is 7. The molecular formula is C24H18N4O4. The van der Waals surface area contributed by atoms with Gasteiger partial charge in [-0.3, -0.25) is 9.78 Å². The average Bonchev–Trinajstić information content (AvgIpc) is 3.50. The second-order valence-electron chi connectivity index (χ2n) is 7.06. The molecule has 32 heavy (non-hydrogen) atoms. The first kappa shape index (κ1) is 19.5. The van der Waals surface area contributed by atoms with Crippen LogP contribution in [0, 0.1) is 0 Å². The van der Waals surface area contributed by atoms with Crippen molar-refractivity contribution in [1.82, 2.24) is 20.4 Å². The molecule has 3 heterocycles. The highest BCUT2D eigenvalue weighted by atomic mass is 16.5. The predicted octanol–water partition coefficient (Wildman–Crippen LogP) is 4.48. The molecule has 8 nitrogen and oxygen atoms in total. The molecule has 0 saturated carbocycles. The number of oxazole rings is 1. The maximum Gasteiger partial charge on any atom is 0.251 e. The first-order chi connectivity index (χ1) is 15.7. The number of aromatic nitrogens is 3. The standard InChI is InChI=1S/C24H18N4O4/c1-30-18-6-2-5-17(10-18)24-27-20(14-31-24)22-19-11-16(7-8-21(19)32-28-22)23(29)26-13-15-4-3-9-25-12-15/h2-12,14H,13H2,1H3,(H,26,29). The number of ether oxygens (including phenoxy) is 1. The van der Waals surface area contributed by atoms with Gasteiger partial charge in [-0.15, -0.1) is 0 Å². The van der Waals surface area contributed by atoms with Crippen LogP contribution in [0.4, 0.5) is 0 Å². The summed E-state index contributed by atoms with van der Waals surface area (Å²) in [5, 5.41) is 7.70. The molecule has 0 aliphatic carbocycles. The van der Waals surface area contributed by atoms with Crippen LogP contribution in [0.15, 0.2) is 82.2 Å². The van der Waals surface area contributed by atoms with E-state index in [0.29, 0.717) is 46.1 Å². The van der Waals surface area contributed by atoms with Crippen LogP contribution in [-0.2, 0) is 6.54 Å². The van der Waals surface area contributed by atoms with E-state index in [9.17, 15) is 4.79 Å². The van der Waals surface area contributed by atoms with Crippen molar-refractivity contribution in [2.24, 2.45) is 0 Å². The fraction of sp³-hybridized carbons (Fsp3) is 0.0833. The van der Waals surface area contributed by atoms with Crippen molar-refractivity contribution in [1.29, 1.82) is 0 Å². The van der Waals surface area contributed by atoms with E-state index in [1.54, 1.807) is 37.7 Å². The summed E-state index contributed by atoms with van der Waals surface area (Å²) >= 11 is 0. The monoisotopic (exact) mass is 426 g/mol. The van der Waals surface area contributed by atoms with Gasteiger partial charge < -0.3 is 19.0 Å². The van der Waals surface area contributed by atoms with Crippen molar-refractivity contribution in [3.63, 3.8) is 0 Å². The Morgan fingerprint density at radius 3 is 2.91 bits per heavy atom. The molecule has 8 heteroatoms. The van der Waals surface area contributed by atoms with Gasteiger partial charge in [0.2, 0.25) is 5.89 Å². The first-order valence-electron chi connectivity index (χ1n) is 9.88. The molecule has 0 saturated heterocycles. The number of nitrogens with zero attached hydrogens (tertiary/aromatic N) is 3. The Kier molecular flexibility index (Phi) is 5.09. The van der Waals surface area contributed by atoms with Crippen LogP contribution < -0.4 is 10.1 Å². The number of carbonyl (C=O) groups excluding carboxylic acids is 1. The molecule has 2 aromatic carbocycles. The van der Waals surface area contributed by atoms with Gasteiger partial charge in [0.05, 0.1) is 12.5 Å². The van der Waals surface area contributed by atoms with Crippen molar-refractivity contribution >= 4 is 16.9 Å². The van der Waals surface area contributed by atoms with E-state index in [1.165, 1.54) is 6.26 Å². The van der Waals surface area contributed by atoms with Crippen LogP contribution in [0.5, 0.6) is 5.75 Å². The lowest BCUT2D eigenvalue weighted by Gasteiger charge is -2.05. The fourth-order valence-electron chi connectivity index (χ4n) is 3.32. The third-order valence-corrected chi connectivity index (χ3v) is 4.97. The van der Waals surface area contributed by atoms with Gasteiger partial charge in [0.1, 0.15) is 23.4 Å². The minimum atomic E-state index is -0.208. The largest absolute Gasteiger partial charge is 0.497 e. The molecule has 0 spiro atoms. The summed E-state index contributed by atoms with van der Waals surface area (Å²) in [5.41, 5.74) is 3.74. The van der Waals surface area contributed by atoms with Crippen molar-refractivity contribution in [2.75, 3.05) is 7.11 Å². The summed E-state index contributed by atoms with van der Waals surface area (Å²) in [6.07, 6.45) is 4.92. The third-order valence-electron chi connectivity index (χ3n) is 4.97. The zero-order chi connectivity index (χ0) is 21.9. The second kappa shape index (κ2) is 8.35. The lowest BCUT2D eigenvalue weighted by atomic mass is 10.1. The van der Waals surface area contributed by atoms with Gasteiger partial charge in [-0.1, -0.05) is 17.3 Å². The van der Waals surface area contributed by atoms with Crippen LogP contribution in [0.1, 0.15) is 15.9 Å². The molecule has 0 aliphatic rings. The van der Waals surface area contributed by atoms with Crippen molar-refractivity contribution in [2.45, 2.75) is 6.54 Å². The molecule has 3 aromatic heterocycles. The normalized spacial score (nSPS) is 10.9. The van der Waals surface area contributed by atoms with Crippen LogP contribution >= 0.6 is 0 Å². The van der Waals surface area contributed by atoms with Crippen LogP contribution in [0.2, 0.25) is 0 Å². The number of amides is 1. The summed E-state index contributed by atoms with van der Waals surface area (Å²) in [5.74, 6) is 0.927. The second-order valence-corrected chi connectivity index (χ2v) is 7.06. The van der Waals surface area contributed by atoms with Gasteiger partial charge in [0, 0.05) is 30.1 Å². The first-order valence-corrected chi connectivity index (χ1v) is 9.88. The molecule has 1 N–H and O–H groups in total. The molecular weight excluding hydrogens is 408 g/mol. The van der Waals surface area contributed by atoms with E-state index in [-0.39, 0.29) is 5.91 Å². The highest BCUT2D eigenvalue weighted by Crippen LogP contribution is 2.31. The van der Waals surface area contributed by atoms with Gasteiger partial charge in [-0.05, 0) is 48.0 Å². The Balaban J connectivity index is 1.42. The zero-order valence-corrected chi connectivity index (χ0v) is 17.1. The van der Waals surface area contributed by atoms with E-state index in [0.717, 1.165) is 11.1 Å². The summed E-state index contributed by atoms with van der Waals surface area (Å²) in [7, 11) is 1.60. The molecule has 5 aromatic rings. The minimum absolute atomic E-state index is 0.208. The quantitative estimate of drug-likeness (QED) is 0.427. The number of rotatable bonds is 6. The van der Waals surface area contributed by atoms with Crippen molar-refractivity contribution in [3.05, 3.63) is 84.4 Å². The summed E-state index contributed by atoms with van der Waals surface area (Å²) in [6, 6.07) is 16.3. The van der Waals surface area contributed by atoms with E-state index in [1.807, 2.05) is 36.4 Å². The predicted molar refractivity (Wildman–Crippen MR) is 117 cm³/mol. The van der Waals surface area contributed by atoms with E-state index in [2.05, 4.69) is 20.4 Å². The Morgan fingerprint density at radius 1 is 1.12 bits per heavy atom. The number of carbonyl (C=O) groups is 1. The Hall–Kier alpha value is -4.46. The molecule has 0 bridgehead atoms. The van der Waals surface area contributed by atoms with E-state index < -0.39 is 0 Å². The molecule has 0 radical (unpaired) electrons. The third kappa shape index (κ3) is 3.81. The molecule has 0 fully saturated rings. The molecule has 5 rings (SSSR count). The summed E-state index contributed by atoms with van der Waals surface area (Å²) < 4.78 is 16.3. The van der Waals surface area contributed by atoms with E-state index >= 15 is 0 Å². The van der Waals surface area contributed by atoms with Crippen LogP contribution in [-0.4, -0.2) is 28.1 Å². The number of fused-ring (bicyclic) bond motifs is 1. The number of nitrogens with one attached hydrogen (secondary N) is 1. The van der Waals surface area contributed by atoms with E-state index in [4.69, 9.17) is 13.7 Å². The topological polar surface area (TPSA) is 103 Å². The Labute approximate surface area is 182 Å². The van der Waals surface area contributed by atoms with Gasteiger partial charge in [-0.25, -0.2) is 4.98 Å². The SMILES string of the molecule is COc1cccc(-c2nc(-c3noc4ccc(C(=O)NCc5cccnc5)cc34)co2)c1. The highest BCUT2D eigenvalue weighted by Gasteiger charge is 2.18. The Bertz CT molecular complexity index is 1390. The average molecular weight is 426 g/mol. The maximum atomic E-state index is 12.7. The molecule has 1 amide bonds. The lowest BCUT2D eigenvalue weighted by molar-refractivity contribution is 0.0951. The van der Waals surface area contributed by atoms with Gasteiger partial charge >= 0.3 is 0 Å². The molecule has 0 unspecified atom stereocenters. The van der Waals surface area contributed by atoms with Crippen LogP contribution in [0.25, 0.3) is 33.8 Å². The maximum absolute atomic E-state index is 12.7. The number of pyridine rings is 1. The lowest BCUT2D eigenvalue weighted by Crippen LogP contribution is -2.22. The van der Waals surface area contributed by atoms with Crippen LogP contribution in [0.3, 0.4) is 0 Å². The minimum Gasteiger partial charge on any atom is -0.497 e. The molecule has 0 aliphatic heterocycles. The summed E-state index contributed by atoms with van der Waals surface area (Å²) in [4.78, 5) is 21.3. The summed E-state index contributed by atoms with van der Waals surface area (Å²) in [6.45, 7) is 0.383. The van der Waals surface area contributed by atoms with Gasteiger partial charge in [0.25, 0.3) is 5.91 Å². The number of methoxy groups -OCH3 is 1. The fourth-order valence-corrected chi connectivity index (χ4v) is 3.32. The van der Waals surface area contributed by atoms with Gasteiger partial charge in [-0.2, -0.15) is 0 Å². The molecule has 0 atom stereocenters. The highest BCUT2D eigenvalue weighted by molar-refractivity contribution is 6.00. The van der Waals surface area contributed by atoms with Gasteiger partial charge in [0.15, 0.2) is 5.58 Å². The zero-order valence-electron chi connectivity index (χ0n) is 17.1. The smallest absolute Gasteiger partial charge is 0.251 e. The number of benzene rings is 2. The van der Waals surface area contributed by atoms with Crippen molar-refractivity contribution < 1.29 is 18.5 Å². The van der Waals surface area contributed by atoms with Crippen molar-refractivity contribution in [3.8, 4) is 28.6 Å². The Morgan fingerprint density at radius 2 is 2.06 bits per heavy atom.